The quantitative estimate of drug-likeness (QED) is 0.894. The summed E-state index contributed by atoms with van der Waals surface area (Å²) in [6, 6.07) is 6.20. The van der Waals surface area contributed by atoms with E-state index in [1.807, 2.05) is 26.0 Å². The van der Waals surface area contributed by atoms with E-state index in [-0.39, 0.29) is 5.41 Å². The van der Waals surface area contributed by atoms with Crippen molar-refractivity contribution in [2.45, 2.75) is 38.6 Å². The van der Waals surface area contributed by atoms with Gasteiger partial charge in [0, 0.05) is 16.8 Å². The van der Waals surface area contributed by atoms with Crippen molar-refractivity contribution in [3.8, 4) is 6.07 Å². The summed E-state index contributed by atoms with van der Waals surface area (Å²) in [4.78, 5) is 1.23. The number of hydrogen-bond donors (Lipinski definition) is 1. The van der Waals surface area contributed by atoms with Gasteiger partial charge in [0.15, 0.2) is 0 Å². The monoisotopic (exact) mass is 256 g/mol. The van der Waals surface area contributed by atoms with Crippen molar-refractivity contribution in [2.24, 2.45) is 0 Å². The van der Waals surface area contributed by atoms with Crippen molar-refractivity contribution < 1.29 is 0 Å². The van der Waals surface area contributed by atoms with Crippen molar-refractivity contribution in [3.63, 3.8) is 0 Å². The van der Waals surface area contributed by atoms with Gasteiger partial charge in [-0.25, -0.2) is 0 Å². The molecule has 88 valence electrons. The summed E-state index contributed by atoms with van der Waals surface area (Å²) in [7, 11) is 0. The number of nitriles is 1. The van der Waals surface area contributed by atoms with Gasteiger partial charge in [-0.05, 0) is 26.0 Å². The second kappa shape index (κ2) is 4.75. The molecule has 1 heterocycles. The van der Waals surface area contributed by atoms with Crippen molar-refractivity contribution in [3.05, 3.63) is 21.3 Å². The van der Waals surface area contributed by atoms with E-state index >= 15 is 0 Å². The van der Waals surface area contributed by atoms with Gasteiger partial charge >= 0.3 is 0 Å². The Bertz CT molecular complexity index is 401. The molecule has 1 N–H and O–H groups in total. The van der Waals surface area contributed by atoms with Gasteiger partial charge in [0.2, 0.25) is 0 Å². The van der Waals surface area contributed by atoms with Gasteiger partial charge in [-0.3, -0.25) is 5.32 Å². The Balaban J connectivity index is 2.70. The Labute approximate surface area is 106 Å². The van der Waals surface area contributed by atoms with Crippen molar-refractivity contribution in [1.29, 1.82) is 5.26 Å². The molecule has 0 aromatic carbocycles. The molecule has 0 radical (unpaired) electrons. The molecule has 0 saturated carbocycles. The third-order valence-electron chi connectivity index (χ3n) is 2.49. The van der Waals surface area contributed by atoms with Crippen LogP contribution < -0.4 is 5.32 Å². The molecular weight excluding hydrogens is 240 g/mol. The normalized spacial score (nSPS) is 12.5. The lowest BCUT2D eigenvalue weighted by Crippen LogP contribution is -2.44. The van der Waals surface area contributed by atoms with Crippen molar-refractivity contribution in [2.75, 3.05) is 6.54 Å². The van der Waals surface area contributed by atoms with Crippen LogP contribution >= 0.6 is 22.9 Å². The maximum Gasteiger partial charge on any atom is 0.101 e. The SMILES string of the molecule is CC(C)(C#N)NCC(C)(C)c1ccc(Cl)s1. The van der Waals surface area contributed by atoms with E-state index in [2.05, 4.69) is 25.2 Å². The smallest absolute Gasteiger partial charge is 0.101 e. The van der Waals surface area contributed by atoms with Crippen LogP contribution in [0.5, 0.6) is 0 Å². The van der Waals surface area contributed by atoms with Crippen molar-refractivity contribution >= 4 is 22.9 Å². The molecule has 4 heteroatoms. The first-order valence-corrected chi connectivity index (χ1v) is 6.38. The van der Waals surface area contributed by atoms with Crippen LogP contribution in [0.1, 0.15) is 32.6 Å². The second-order valence-corrected chi connectivity index (χ2v) is 6.79. The first-order chi connectivity index (χ1) is 7.27. The van der Waals surface area contributed by atoms with E-state index in [1.54, 1.807) is 11.3 Å². The third-order valence-corrected chi connectivity index (χ3v) is 4.09. The number of hydrogen-bond acceptors (Lipinski definition) is 3. The zero-order valence-electron chi connectivity index (χ0n) is 10.1. The maximum absolute atomic E-state index is 8.93. The minimum atomic E-state index is -0.488. The summed E-state index contributed by atoms with van der Waals surface area (Å²) in [6.07, 6.45) is 0. The molecule has 0 saturated heterocycles. The number of nitrogens with zero attached hydrogens (tertiary/aromatic N) is 1. The molecule has 1 rings (SSSR count). The largest absolute Gasteiger partial charge is 0.299 e. The highest BCUT2D eigenvalue weighted by molar-refractivity contribution is 7.16. The molecule has 0 atom stereocenters. The highest BCUT2D eigenvalue weighted by Crippen LogP contribution is 2.32. The first kappa shape index (κ1) is 13.5. The maximum atomic E-state index is 8.93. The van der Waals surface area contributed by atoms with Gasteiger partial charge in [0.1, 0.15) is 5.54 Å². The standard InChI is InChI=1S/C12H17ClN2S/c1-11(2,8-15-12(3,4)7-14)9-5-6-10(13)16-9/h5-6,15H,8H2,1-4H3. The second-order valence-electron chi connectivity index (χ2n) is 5.08. The Morgan fingerprint density at radius 1 is 1.38 bits per heavy atom. The molecule has 0 spiro atoms. The molecule has 0 unspecified atom stereocenters. The van der Waals surface area contributed by atoms with E-state index < -0.39 is 5.54 Å². The Kier molecular flexibility index (Phi) is 4.01. The summed E-state index contributed by atoms with van der Waals surface area (Å²) in [5, 5.41) is 12.2. The summed E-state index contributed by atoms with van der Waals surface area (Å²) >= 11 is 7.52. The molecule has 0 aliphatic rings. The topological polar surface area (TPSA) is 35.8 Å². The number of nitrogens with one attached hydrogen (secondary N) is 1. The van der Waals surface area contributed by atoms with Gasteiger partial charge in [-0.1, -0.05) is 25.4 Å². The Morgan fingerprint density at radius 3 is 2.44 bits per heavy atom. The van der Waals surface area contributed by atoms with Crippen LogP contribution in [0.25, 0.3) is 0 Å². The van der Waals surface area contributed by atoms with Crippen LogP contribution in [0.15, 0.2) is 12.1 Å². The average molecular weight is 257 g/mol. The Morgan fingerprint density at radius 2 is 2.00 bits per heavy atom. The molecule has 0 bridgehead atoms. The zero-order valence-corrected chi connectivity index (χ0v) is 11.7. The zero-order chi connectivity index (χ0) is 12.4. The fourth-order valence-corrected chi connectivity index (χ4v) is 2.39. The molecular formula is C12H17ClN2S. The van der Waals surface area contributed by atoms with E-state index in [4.69, 9.17) is 16.9 Å². The number of thiophene rings is 1. The summed E-state index contributed by atoms with van der Waals surface area (Å²) in [5.74, 6) is 0. The first-order valence-electron chi connectivity index (χ1n) is 5.19. The van der Waals surface area contributed by atoms with Crippen LogP contribution in [0.4, 0.5) is 0 Å². The summed E-state index contributed by atoms with van der Waals surface area (Å²) in [6.45, 7) is 8.81. The lowest BCUT2D eigenvalue weighted by molar-refractivity contribution is 0.401. The van der Waals surface area contributed by atoms with Crippen LogP contribution in [0, 0.1) is 11.3 Å². The lowest BCUT2D eigenvalue weighted by Gasteiger charge is -2.28. The molecule has 2 nitrogen and oxygen atoms in total. The lowest BCUT2D eigenvalue weighted by atomic mass is 9.90. The van der Waals surface area contributed by atoms with Crippen LogP contribution in [0.3, 0.4) is 0 Å². The summed E-state index contributed by atoms with van der Waals surface area (Å²) in [5.41, 5.74) is -0.496. The highest BCUT2D eigenvalue weighted by Gasteiger charge is 2.26. The number of rotatable bonds is 4. The number of halogens is 1. The van der Waals surface area contributed by atoms with Gasteiger partial charge in [0.25, 0.3) is 0 Å². The minimum absolute atomic E-state index is 0.00801. The van der Waals surface area contributed by atoms with E-state index in [0.29, 0.717) is 0 Å². The van der Waals surface area contributed by atoms with Crippen LogP contribution in [-0.4, -0.2) is 12.1 Å². The molecule has 1 aromatic heterocycles. The molecule has 0 amide bonds. The van der Waals surface area contributed by atoms with Gasteiger partial charge in [-0.15, -0.1) is 11.3 Å². The molecule has 1 aromatic rings. The minimum Gasteiger partial charge on any atom is -0.299 e. The van der Waals surface area contributed by atoms with E-state index in [9.17, 15) is 0 Å². The van der Waals surface area contributed by atoms with Gasteiger partial charge in [0.05, 0.1) is 10.4 Å². The van der Waals surface area contributed by atoms with Crippen LogP contribution in [-0.2, 0) is 5.41 Å². The fourth-order valence-electron chi connectivity index (χ4n) is 1.25. The van der Waals surface area contributed by atoms with Crippen LogP contribution in [0.2, 0.25) is 4.34 Å². The Hall–Kier alpha value is -0.560. The molecule has 0 aliphatic carbocycles. The molecule has 0 fully saturated rings. The predicted molar refractivity (Wildman–Crippen MR) is 70.0 cm³/mol. The molecule has 16 heavy (non-hydrogen) atoms. The molecule has 0 aliphatic heterocycles. The third kappa shape index (κ3) is 3.48. The van der Waals surface area contributed by atoms with E-state index in [0.717, 1.165) is 10.9 Å². The predicted octanol–water partition coefficient (Wildman–Crippen LogP) is 3.57. The van der Waals surface area contributed by atoms with Gasteiger partial charge in [-0.2, -0.15) is 5.26 Å². The van der Waals surface area contributed by atoms with Crippen molar-refractivity contribution in [1.82, 2.24) is 5.32 Å². The van der Waals surface area contributed by atoms with E-state index in [1.165, 1.54) is 4.88 Å². The van der Waals surface area contributed by atoms with Gasteiger partial charge < -0.3 is 0 Å². The summed E-state index contributed by atoms with van der Waals surface area (Å²) < 4.78 is 0.808. The highest BCUT2D eigenvalue weighted by atomic mass is 35.5. The fraction of sp³-hybridized carbons (Fsp3) is 0.583. The average Bonchev–Trinajstić information content (AvgIpc) is 2.63.